The molecule has 1 unspecified atom stereocenters. The number of rotatable bonds is 4. The Bertz CT molecular complexity index is 681. The number of aliphatic hydroxyl groups excluding tert-OH is 1. The topological polar surface area (TPSA) is 42.4 Å². The number of benzene rings is 2. The van der Waals surface area contributed by atoms with Gasteiger partial charge in [0.1, 0.15) is 11.9 Å². The number of para-hydroxylation sites is 1. The molecule has 3 aromatic rings. The Morgan fingerprint density at radius 3 is 2.05 bits per heavy atom. The van der Waals surface area contributed by atoms with Crippen molar-refractivity contribution < 1.29 is 9.84 Å². The highest BCUT2D eigenvalue weighted by Gasteiger charge is 2.10. The van der Waals surface area contributed by atoms with E-state index in [2.05, 4.69) is 4.98 Å². The molecule has 0 aliphatic carbocycles. The van der Waals surface area contributed by atoms with Gasteiger partial charge in [-0.15, -0.1) is 0 Å². The molecule has 0 aliphatic heterocycles. The Labute approximate surface area is 123 Å². The summed E-state index contributed by atoms with van der Waals surface area (Å²) >= 11 is 0. The SMILES string of the molecule is OC(c1ccccc1)c1ccc(Oc2ccccc2)nc1. The minimum absolute atomic E-state index is 0.505. The van der Waals surface area contributed by atoms with E-state index in [1.807, 2.05) is 66.7 Å². The Morgan fingerprint density at radius 2 is 1.43 bits per heavy atom. The largest absolute Gasteiger partial charge is 0.439 e. The molecule has 1 atom stereocenters. The number of hydrogen-bond acceptors (Lipinski definition) is 3. The summed E-state index contributed by atoms with van der Waals surface area (Å²) in [7, 11) is 0. The molecule has 1 heterocycles. The highest BCUT2D eigenvalue weighted by Crippen LogP contribution is 2.24. The van der Waals surface area contributed by atoms with Gasteiger partial charge in [-0.25, -0.2) is 4.98 Å². The summed E-state index contributed by atoms with van der Waals surface area (Å²) in [5.74, 6) is 1.24. The van der Waals surface area contributed by atoms with Crippen LogP contribution in [-0.2, 0) is 0 Å². The molecule has 0 spiro atoms. The van der Waals surface area contributed by atoms with E-state index in [4.69, 9.17) is 4.74 Å². The first-order chi connectivity index (χ1) is 10.3. The van der Waals surface area contributed by atoms with E-state index < -0.39 is 6.10 Å². The van der Waals surface area contributed by atoms with E-state index >= 15 is 0 Å². The smallest absolute Gasteiger partial charge is 0.219 e. The summed E-state index contributed by atoms with van der Waals surface area (Å²) in [6.45, 7) is 0. The summed E-state index contributed by atoms with van der Waals surface area (Å²) in [6, 6.07) is 22.6. The van der Waals surface area contributed by atoms with Crippen molar-refractivity contribution >= 4 is 0 Å². The van der Waals surface area contributed by atoms with Crippen LogP contribution in [0.4, 0.5) is 0 Å². The quantitative estimate of drug-likeness (QED) is 0.785. The highest BCUT2D eigenvalue weighted by molar-refractivity contribution is 5.31. The van der Waals surface area contributed by atoms with Crippen molar-refractivity contribution in [1.29, 1.82) is 0 Å². The Kier molecular flexibility index (Phi) is 3.94. The number of aliphatic hydroxyl groups is 1. The van der Waals surface area contributed by atoms with Crippen molar-refractivity contribution in [3.05, 3.63) is 90.1 Å². The Morgan fingerprint density at radius 1 is 0.762 bits per heavy atom. The fraction of sp³-hybridized carbons (Fsp3) is 0.0556. The summed E-state index contributed by atoms with van der Waals surface area (Å²) in [5.41, 5.74) is 1.58. The maximum Gasteiger partial charge on any atom is 0.219 e. The standard InChI is InChI=1S/C18H15NO2/c20-18(14-7-3-1-4-8-14)15-11-12-17(19-13-15)21-16-9-5-2-6-10-16/h1-13,18,20H. The molecule has 0 amide bonds. The lowest BCUT2D eigenvalue weighted by atomic mass is 10.0. The minimum Gasteiger partial charge on any atom is -0.439 e. The second-order valence-electron chi connectivity index (χ2n) is 4.66. The van der Waals surface area contributed by atoms with Gasteiger partial charge in [-0.1, -0.05) is 48.5 Å². The van der Waals surface area contributed by atoms with Gasteiger partial charge in [-0.2, -0.15) is 0 Å². The van der Waals surface area contributed by atoms with Crippen LogP contribution in [0.5, 0.6) is 11.6 Å². The molecule has 0 bridgehead atoms. The third-order valence-electron chi connectivity index (χ3n) is 3.16. The van der Waals surface area contributed by atoms with E-state index in [-0.39, 0.29) is 0 Å². The zero-order chi connectivity index (χ0) is 14.5. The molecule has 0 saturated heterocycles. The van der Waals surface area contributed by atoms with Gasteiger partial charge in [0.25, 0.3) is 0 Å². The normalized spacial score (nSPS) is 11.9. The van der Waals surface area contributed by atoms with Gasteiger partial charge in [0.15, 0.2) is 0 Å². The average Bonchev–Trinajstić information content (AvgIpc) is 2.57. The van der Waals surface area contributed by atoms with Crippen LogP contribution in [0.2, 0.25) is 0 Å². The summed E-state index contributed by atoms with van der Waals surface area (Å²) in [6.07, 6.45) is 0.958. The van der Waals surface area contributed by atoms with E-state index in [0.717, 1.165) is 16.9 Å². The van der Waals surface area contributed by atoms with Crippen LogP contribution >= 0.6 is 0 Å². The highest BCUT2D eigenvalue weighted by atomic mass is 16.5. The third kappa shape index (κ3) is 3.27. The fourth-order valence-electron chi connectivity index (χ4n) is 2.05. The first-order valence-corrected chi connectivity index (χ1v) is 6.75. The third-order valence-corrected chi connectivity index (χ3v) is 3.16. The molecule has 0 fully saturated rings. The van der Waals surface area contributed by atoms with E-state index in [1.165, 1.54) is 0 Å². The molecule has 0 aliphatic rings. The van der Waals surface area contributed by atoms with Crippen LogP contribution in [-0.4, -0.2) is 10.1 Å². The summed E-state index contributed by atoms with van der Waals surface area (Å²) < 4.78 is 5.63. The van der Waals surface area contributed by atoms with E-state index in [0.29, 0.717) is 5.88 Å². The van der Waals surface area contributed by atoms with Crippen molar-refractivity contribution in [2.45, 2.75) is 6.10 Å². The fourth-order valence-corrected chi connectivity index (χ4v) is 2.05. The second-order valence-corrected chi connectivity index (χ2v) is 4.66. The number of hydrogen-bond donors (Lipinski definition) is 1. The van der Waals surface area contributed by atoms with Crippen molar-refractivity contribution in [2.75, 3.05) is 0 Å². The number of aromatic nitrogens is 1. The molecule has 0 radical (unpaired) electrons. The monoisotopic (exact) mass is 277 g/mol. The van der Waals surface area contributed by atoms with Crippen LogP contribution in [0.3, 0.4) is 0 Å². The molecule has 21 heavy (non-hydrogen) atoms. The molecular weight excluding hydrogens is 262 g/mol. The lowest BCUT2D eigenvalue weighted by Crippen LogP contribution is -2.00. The van der Waals surface area contributed by atoms with Crippen molar-refractivity contribution in [3.8, 4) is 11.6 Å². The molecule has 3 heteroatoms. The van der Waals surface area contributed by atoms with Crippen molar-refractivity contribution in [2.24, 2.45) is 0 Å². The van der Waals surface area contributed by atoms with Gasteiger partial charge in [0.05, 0.1) is 0 Å². The lowest BCUT2D eigenvalue weighted by molar-refractivity contribution is 0.219. The minimum atomic E-state index is -0.676. The average molecular weight is 277 g/mol. The molecule has 3 nitrogen and oxygen atoms in total. The Balaban J connectivity index is 1.75. The number of ether oxygens (including phenoxy) is 1. The molecule has 1 N–H and O–H groups in total. The maximum atomic E-state index is 10.3. The predicted molar refractivity (Wildman–Crippen MR) is 81.3 cm³/mol. The molecule has 0 saturated carbocycles. The van der Waals surface area contributed by atoms with E-state index in [9.17, 15) is 5.11 Å². The molecular formula is C18H15NO2. The Hall–Kier alpha value is -2.65. The number of pyridine rings is 1. The lowest BCUT2D eigenvalue weighted by Gasteiger charge is -2.11. The van der Waals surface area contributed by atoms with Gasteiger partial charge in [-0.3, -0.25) is 0 Å². The number of nitrogens with zero attached hydrogens (tertiary/aromatic N) is 1. The molecule has 104 valence electrons. The van der Waals surface area contributed by atoms with Crippen molar-refractivity contribution in [3.63, 3.8) is 0 Å². The first-order valence-electron chi connectivity index (χ1n) is 6.75. The van der Waals surface area contributed by atoms with Crippen LogP contribution < -0.4 is 4.74 Å². The van der Waals surface area contributed by atoms with Crippen LogP contribution in [0.1, 0.15) is 17.2 Å². The van der Waals surface area contributed by atoms with Gasteiger partial charge in [-0.05, 0) is 23.8 Å². The zero-order valence-electron chi connectivity index (χ0n) is 11.4. The molecule has 1 aromatic heterocycles. The zero-order valence-corrected chi connectivity index (χ0v) is 11.4. The van der Waals surface area contributed by atoms with Gasteiger partial charge in [0, 0.05) is 17.8 Å². The summed E-state index contributed by atoms with van der Waals surface area (Å²) in [5, 5.41) is 10.3. The second kappa shape index (κ2) is 6.20. The van der Waals surface area contributed by atoms with Gasteiger partial charge >= 0.3 is 0 Å². The van der Waals surface area contributed by atoms with Crippen LogP contribution in [0, 0.1) is 0 Å². The van der Waals surface area contributed by atoms with Gasteiger partial charge < -0.3 is 9.84 Å². The molecule has 2 aromatic carbocycles. The van der Waals surface area contributed by atoms with Gasteiger partial charge in [0.2, 0.25) is 5.88 Å². The van der Waals surface area contributed by atoms with Crippen molar-refractivity contribution in [1.82, 2.24) is 4.98 Å². The predicted octanol–water partition coefficient (Wildman–Crippen LogP) is 3.96. The molecule has 3 rings (SSSR count). The van der Waals surface area contributed by atoms with Crippen LogP contribution in [0.15, 0.2) is 79.0 Å². The van der Waals surface area contributed by atoms with E-state index in [1.54, 1.807) is 12.3 Å². The van der Waals surface area contributed by atoms with Crippen LogP contribution in [0.25, 0.3) is 0 Å². The first kappa shape index (κ1) is 13.3. The summed E-state index contributed by atoms with van der Waals surface area (Å²) in [4.78, 5) is 4.24. The maximum absolute atomic E-state index is 10.3.